The number of phenols is 10. The van der Waals surface area contributed by atoms with Crippen LogP contribution in [0.25, 0.3) is 0 Å². The third kappa shape index (κ3) is 23.5. The maximum Gasteiger partial charge on any atom is 0.416 e. The highest BCUT2D eigenvalue weighted by Crippen LogP contribution is 2.44. The first-order valence-corrected chi connectivity index (χ1v) is 46.3. The minimum absolute atomic E-state index is 0.0299. The van der Waals surface area contributed by atoms with Gasteiger partial charge < -0.3 is 83.4 Å². The first-order chi connectivity index (χ1) is 53.8. The van der Waals surface area contributed by atoms with Crippen LogP contribution in [0.4, 0.5) is 32.0 Å². The molecule has 0 aromatic heterocycles. The van der Waals surface area contributed by atoms with Crippen LogP contribution >= 0.6 is 226 Å². The molecule has 0 spiro atoms. The summed E-state index contributed by atoms with van der Waals surface area (Å²) in [5, 5.41) is 114. The average Bonchev–Trinajstić information content (AvgIpc) is 0.774. The Bertz CT molecular complexity index is 4820. The van der Waals surface area contributed by atoms with Gasteiger partial charge in [-0.25, -0.2) is 0 Å². The van der Waals surface area contributed by atoms with Crippen molar-refractivity contribution < 1.29 is 77.4 Å². The van der Waals surface area contributed by atoms with Gasteiger partial charge in [0.05, 0.1) is 24.0 Å². The van der Waals surface area contributed by atoms with Gasteiger partial charge in [0.2, 0.25) is 0 Å². The maximum absolute atomic E-state index is 13.0. The summed E-state index contributed by atoms with van der Waals surface area (Å²) in [4.78, 5) is 0. The van der Waals surface area contributed by atoms with Crippen molar-refractivity contribution in [3.05, 3.63) is 264 Å². The molecule has 16 nitrogen and oxygen atoms in total. The van der Waals surface area contributed by atoms with Gasteiger partial charge in [0.15, 0.2) is 46.0 Å². The zero-order chi connectivity index (χ0) is 82.5. The van der Waals surface area contributed by atoms with E-state index in [4.69, 9.17) is 5.73 Å². The van der Waals surface area contributed by atoms with Gasteiger partial charge in [-0.2, -0.15) is 26.3 Å². The summed E-state index contributed by atoms with van der Waals surface area (Å²) in [5.74, 6) is -0.338. The summed E-state index contributed by atoms with van der Waals surface area (Å²) < 4.78 is 89.6. The molecule has 10 aromatic carbocycles. The Morgan fingerprint density at radius 3 is 0.807 bits per heavy atom. The van der Waals surface area contributed by atoms with E-state index in [2.05, 4.69) is 289 Å². The lowest BCUT2D eigenvalue weighted by atomic mass is 9.89. The average molecular weight is 2690 g/mol. The van der Waals surface area contributed by atoms with Crippen molar-refractivity contribution in [2.45, 2.75) is 107 Å². The normalized spacial score (nSPS) is 17.4. The number of benzene rings is 10. The predicted molar refractivity (Wildman–Crippen MR) is 513 cm³/mol. The van der Waals surface area contributed by atoms with E-state index in [9.17, 15) is 77.4 Å². The van der Waals surface area contributed by atoms with Crippen LogP contribution in [0.1, 0.15) is 125 Å². The molecule has 604 valence electrons. The van der Waals surface area contributed by atoms with Crippen molar-refractivity contribution in [1.29, 1.82) is 0 Å². The molecule has 114 heavy (non-hydrogen) atoms. The van der Waals surface area contributed by atoms with Gasteiger partial charge in [-0.1, -0.05) is 6.07 Å². The SMILES string of the molecule is Nc1c(I)cc(CC2NCCc3cc(O)ccc32)cc1I.Oc1cc2c(cc1O)C(Cc1cc(C(F)(F)F)cc(C(F)(F)F)c1)NCC2.Oc1cc2c(cc1O)C(Cc1cc(I)c(I)c(I)c1)NCC2.Oc1cc2c(cc1O)C(Cc1cc(I)c(I)c(I)c1)NCC2.Oc1cc2c(cc1O)C(Cc1cc(I)c(O)c(I)c1)NCC2. The minimum atomic E-state index is -4.90. The zero-order valence-electron chi connectivity index (χ0n) is 59.8. The van der Waals surface area contributed by atoms with Crippen LogP contribution < -0.4 is 32.3 Å². The number of phenolic OH excluding ortho intramolecular Hbond substituents is 10. The van der Waals surface area contributed by atoms with Crippen LogP contribution in [0.3, 0.4) is 0 Å². The van der Waals surface area contributed by atoms with Crippen molar-refractivity contribution in [3.63, 3.8) is 0 Å². The van der Waals surface area contributed by atoms with E-state index in [0.29, 0.717) is 53.8 Å². The molecule has 0 fully saturated rings. The minimum Gasteiger partial charge on any atom is -0.508 e. The Balaban J connectivity index is 0.000000141. The Hall–Kier alpha value is -3.32. The zero-order valence-corrected chi connectivity index (χ0v) is 81.4. The monoisotopic (exact) mass is 2690 g/mol. The molecule has 0 saturated carbocycles. The van der Waals surface area contributed by atoms with Gasteiger partial charge in [-0.05, 0) is 534 Å². The van der Waals surface area contributed by atoms with E-state index in [1.807, 2.05) is 24.3 Å². The lowest BCUT2D eigenvalue weighted by Gasteiger charge is -2.28. The topological polar surface area (TPSA) is 288 Å². The highest BCUT2D eigenvalue weighted by Gasteiger charge is 2.38. The van der Waals surface area contributed by atoms with Crippen LogP contribution in [0, 0.1) is 35.7 Å². The van der Waals surface area contributed by atoms with Gasteiger partial charge in [0, 0.05) is 58.8 Å². The number of nitrogens with one attached hydrogen (secondary N) is 5. The molecule has 5 heterocycles. The summed E-state index contributed by atoms with van der Waals surface area (Å²) in [6.07, 6.45) is -2.42. The van der Waals surface area contributed by atoms with Crippen LogP contribution in [0.2, 0.25) is 0 Å². The second-order valence-electron chi connectivity index (χ2n) is 27.9. The molecule has 0 saturated heterocycles. The molecule has 17 N–H and O–H groups in total. The number of fused-ring (bicyclic) bond motifs is 5. The van der Waals surface area contributed by atoms with Gasteiger partial charge in [-0.3, -0.25) is 0 Å². The number of hydrogen-bond donors (Lipinski definition) is 16. The standard InChI is InChI=1S/C18H15F6NO2.2C16H14I3NO2.C16H16I2N2O.C16H15I2NO3/c19-17(20,21)11-3-9(4-12(7-11)18(22,23)24)5-14-13-8-16(27)15(26)6-10(13)1-2-25-14;2*17-11-3-8(4-12(18)16(11)19)5-13-10-7-15(22)14(21)6-9(10)1-2-20-13;17-13-5-9(6-14(18)16(13)19)7-15-12-2-1-11(21)8-10(12)3-4-20-15;17-11-3-8(4-12(18)16(11)22)5-13-10-7-15(21)14(20)6-9(10)1-2-19-13/h3-4,6-8,14,25-27H,1-2,5H2;2*3-4,6-7,13,20-22H,1-2,5H2;1-2,5-6,8,15,20-21H,3-4,7,19H2;3-4,6-7,13,19-22H,1-2,5H2. The van der Waals surface area contributed by atoms with Crippen LogP contribution in [-0.2, 0) is 76.6 Å². The van der Waals surface area contributed by atoms with Gasteiger partial charge in [-0.15, -0.1) is 0 Å². The highest BCUT2D eigenvalue weighted by molar-refractivity contribution is 14.1. The first kappa shape index (κ1) is 91.4. The summed E-state index contributed by atoms with van der Waals surface area (Å²) in [5.41, 5.74) is 19.3. The lowest BCUT2D eigenvalue weighted by Crippen LogP contribution is -2.31. The number of alkyl halides is 6. The molecule has 5 unspecified atom stereocenters. The molecular weight excluding hydrogens is 2610 g/mol. The van der Waals surface area contributed by atoms with Gasteiger partial charge in [0.25, 0.3) is 0 Å². The number of rotatable bonds is 10. The van der Waals surface area contributed by atoms with Crippen LogP contribution in [-0.4, -0.2) is 83.8 Å². The van der Waals surface area contributed by atoms with Crippen molar-refractivity contribution in [1.82, 2.24) is 26.6 Å². The Morgan fingerprint density at radius 2 is 0.526 bits per heavy atom. The fraction of sp³-hybridized carbons (Fsp3) is 0.268. The van der Waals surface area contributed by atoms with E-state index in [1.165, 1.54) is 61.4 Å². The molecule has 0 bridgehead atoms. The molecule has 5 atom stereocenters. The fourth-order valence-electron chi connectivity index (χ4n) is 14.5. The largest absolute Gasteiger partial charge is 0.508 e. The van der Waals surface area contributed by atoms with E-state index in [0.717, 1.165) is 136 Å². The fourth-order valence-corrected chi connectivity index (χ4v) is 22.7. The number of halogens is 16. The van der Waals surface area contributed by atoms with Gasteiger partial charge in [0.1, 0.15) is 11.5 Å². The molecular formula is C82H74F6I10N6O10. The third-order valence-electron chi connectivity index (χ3n) is 20.0. The third-order valence-corrected chi connectivity index (χ3v) is 33.3. The second kappa shape index (κ2) is 40.1. The molecule has 10 aromatic rings. The number of nitrogens with two attached hydrogens (primary N) is 1. The quantitative estimate of drug-likeness (QED) is 0.0199. The summed E-state index contributed by atoms with van der Waals surface area (Å²) in [6, 6.07) is 37.2. The van der Waals surface area contributed by atoms with Crippen molar-refractivity contribution in [3.8, 4) is 57.5 Å². The highest BCUT2D eigenvalue weighted by atomic mass is 127. The number of nitrogen functional groups attached to an aromatic ring is 1. The molecule has 0 aliphatic carbocycles. The van der Waals surface area contributed by atoms with E-state index in [1.54, 1.807) is 42.5 Å². The molecule has 32 heteroatoms. The summed E-state index contributed by atoms with van der Waals surface area (Å²) in [7, 11) is 0. The number of anilines is 1. The van der Waals surface area contributed by atoms with Crippen LogP contribution in [0.5, 0.6) is 57.5 Å². The molecule has 0 amide bonds. The van der Waals surface area contributed by atoms with Crippen molar-refractivity contribution >= 4 is 232 Å². The smallest absolute Gasteiger partial charge is 0.416 e. The van der Waals surface area contributed by atoms with Gasteiger partial charge >= 0.3 is 12.4 Å². The number of aromatic hydroxyl groups is 10. The molecule has 15 rings (SSSR count). The van der Waals surface area contributed by atoms with E-state index in [-0.39, 0.29) is 76.4 Å². The summed E-state index contributed by atoms with van der Waals surface area (Å²) in [6.45, 7) is 4.01. The van der Waals surface area contributed by atoms with E-state index < -0.39 is 35.3 Å². The van der Waals surface area contributed by atoms with Crippen molar-refractivity contribution in [2.75, 3.05) is 38.5 Å². The Labute approximate surface area is 791 Å². The Morgan fingerprint density at radius 1 is 0.289 bits per heavy atom. The lowest BCUT2D eigenvalue weighted by molar-refractivity contribution is -0.143. The predicted octanol–water partition coefficient (Wildman–Crippen LogP) is 20.3. The van der Waals surface area contributed by atoms with Crippen molar-refractivity contribution in [2.24, 2.45) is 0 Å². The number of hydrogen-bond acceptors (Lipinski definition) is 16. The summed E-state index contributed by atoms with van der Waals surface area (Å²) >= 11 is 23.1. The second-order valence-corrected chi connectivity index (χ2v) is 39.3. The van der Waals surface area contributed by atoms with Crippen LogP contribution in [0.15, 0.2) is 133 Å². The Kier molecular flexibility index (Phi) is 32.2. The molecule has 5 aliphatic rings. The first-order valence-electron chi connectivity index (χ1n) is 35.5. The van der Waals surface area contributed by atoms with E-state index >= 15 is 0 Å². The maximum atomic E-state index is 13.0. The molecule has 0 radical (unpaired) electrons. The molecule has 5 aliphatic heterocycles.